The minimum absolute atomic E-state index is 0.136. The molecular weight excluding hydrogens is 556 g/mol. The Morgan fingerprint density at radius 2 is 1.28 bits per heavy atom. The van der Waals surface area contributed by atoms with Crippen LogP contribution in [0, 0.1) is 3.70 Å². The van der Waals surface area contributed by atoms with Crippen molar-refractivity contribution in [3.63, 3.8) is 0 Å². The lowest BCUT2D eigenvalue weighted by Crippen LogP contribution is -2.10. The molecule has 2 saturated carbocycles. The van der Waals surface area contributed by atoms with E-state index in [2.05, 4.69) is 9.97 Å². The van der Waals surface area contributed by atoms with E-state index in [0.29, 0.717) is 11.4 Å². The van der Waals surface area contributed by atoms with Crippen LogP contribution < -0.4 is 11.5 Å². The SMILES string of the molecule is Nc1ccc(C(F)(F)F)nc1C1CC1.Nc1ccc(C(F)(F)F)nc1I.OB(O)C1CC1. The Kier molecular flexibility index (Phi) is 8.61. The number of halogens is 7. The van der Waals surface area contributed by atoms with Gasteiger partial charge in [-0.15, -0.1) is 0 Å². The molecule has 32 heavy (non-hydrogen) atoms. The normalized spacial score (nSPS) is 15.8. The summed E-state index contributed by atoms with van der Waals surface area (Å²) >= 11 is 1.65. The van der Waals surface area contributed by atoms with Gasteiger partial charge in [0, 0.05) is 5.92 Å². The largest absolute Gasteiger partial charge is 0.454 e. The number of nitrogen functional groups attached to an aromatic ring is 2. The molecular formula is C18H20BF6IN4O2. The molecule has 176 valence electrons. The standard InChI is InChI=1S/C9H9F3N2.C6H4F3IN2.C3H7BO2/c10-9(11,12)7-4-3-6(13)8(14-7)5-1-2-5;7-6(8,9)4-2-1-3(11)5(10)12-4;5-4(6)3-1-2-3/h3-5H,1-2,13H2;1-2H,11H2;3,5-6H,1-2H2. The maximum Gasteiger partial charge on any atom is 0.454 e. The minimum Gasteiger partial charge on any atom is -0.427 e. The fourth-order valence-corrected chi connectivity index (χ4v) is 2.76. The number of hydrogen-bond donors (Lipinski definition) is 4. The van der Waals surface area contributed by atoms with Crippen LogP contribution in [0.5, 0.6) is 0 Å². The lowest BCUT2D eigenvalue weighted by atomic mass is 9.84. The van der Waals surface area contributed by atoms with E-state index in [4.69, 9.17) is 21.5 Å². The van der Waals surface area contributed by atoms with Gasteiger partial charge in [-0.1, -0.05) is 12.8 Å². The zero-order valence-corrected chi connectivity index (χ0v) is 18.6. The van der Waals surface area contributed by atoms with E-state index in [1.807, 2.05) is 0 Å². The number of aromatic nitrogens is 2. The zero-order valence-electron chi connectivity index (χ0n) is 16.5. The smallest absolute Gasteiger partial charge is 0.427 e. The number of hydrogen-bond acceptors (Lipinski definition) is 6. The highest BCUT2D eigenvalue weighted by Gasteiger charge is 2.35. The van der Waals surface area contributed by atoms with Crippen molar-refractivity contribution < 1.29 is 36.4 Å². The summed E-state index contributed by atoms with van der Waals surface area (Å²) in [7, 11) is -1.04. The summed E-state index contributed by atoms with van der Waals surface area (Å²) in [5.74, 6) is 0.349. The predicted octanol–water partition coefficient (Wildman–Crippen LogP) is 4.47. The van der Waals surface area contributed by atoms with Crippen molar-refractivity contribution in [3.8, 4) is 0 Å². The van der Waals surface area contributed by atoms with Crippen molar-refractivity contribution in [3.05, 3.63) is 45.0 Å². The van der Waals surface area contributed by atoms with Crippen LogP contribution in [0.4, 0.5) is 37.7 Å². The molecule has 0 saturated heterocycles. The van der Waals surface area contributed by atoms with Gasteiger partial charge in [-0.25, -0.2) is 9.97 Å². The molecule has 6 nitrogen and oxygen atoms in total. The second kappa shape index (κ2) is 10.4. The van der Waals surface area contributed by atoms with Gasteiger partial charge in [-0.05, 0) is 65.5 Å². The van der Waals surface area contributed by atoms with E-state index in [1.165, 1.54) is 12.1 Å². The third-order valence-corrected chi connectivity index (χ3v) is 5.29. The van der Waals surface area contributed by atoms with Crippen LogP contribution in [0.25, 0.3) is 0 Å². The third kappa shape index (κ3) is 8.28. The van der Waals surface area contributed by atoms with Gasteiger partial charge in [-0.2, -0.15) is 26.3 Å². The van der Waals surface area contributed by atoms with Crippen LogP contribution in [0.15, 0.2) is 24.3 Å². The Morgan fingerprint density at radius 1 is 0.812 bits per heavy atom. The van der Waals surface area contributed by atoms with Gasteiger partial charge in [-0.3, -0.25) is 0 Å². The van der Waals surface area contributed by atoms with Gasteiger partial charge in [0.1, 0.15) is 15.1 Å². The third-order valence-electron chi connectivity index (χ3n) is 4.42. The summed E-state index contributed by atoms with van der Waals surface area (Å²) in [4.78, 5) is 6.84. The molecule has 0 bridgehead atoms. The Bertz CT molecular complexity index is 921. The van der Waals surface area contributed by atoms with Crippen LogP contribution in [-0.2, 0) is 12.4 Å². The molecule has 0 aromatic carbocycles. The fraction of sp³-hybridized carbons (Fsp3) is 0.444. The molecule has 6 N–H and O–H groups in total. The number of nitrogens with zero attached hydrogens (tertiary/aromatic N) is 2. The van der Waals surface area contributed by atoms with Gasteiger partial charge in [0.05, 0.1) is 17.1 Å². The highest BCUT2D eigenvalue weighted by molar-refractivity contribution is 14.1. The molecule has 4 rings (SSSR count). The molecule has 2 aromatic rings. The molecule has 0 radical (unpaired) electrons. The summed E-state index contributed by atoms with van der Waals surface area (Å²) in [5, 5.41) is 16.5. The van der Waals surface area contributed by atoms with Crippen molar-refractivity contribution in [2.75, 3.05) is 11.5 Å². The van der Waals surface area contributed by atoms with E-state index in [9.17, 15) is 26.3 Å². The van der Waals surface area contributed by atoms with Gasteiger partial charge >= 0.3 is 19.5 Å². The number of pyridine rings is 2. The zero-order chi connectivity index (χ0) is 24.3. The number of rotatable bonds is 2. The topological polar surface area (TPSA) is 118 Å². The average molecular weight is 576 g/mol. The molecule has 0 atom stereocenters. The molecule has 0 aliphatic heterocycles. The molecule has 14 heteroatoms. The van der Waals surface area contributed by atoms with E-state index >= 15 is 0 Å². The van der Waals surface area contributed by atoms with Crippen LogP contribution in [-0.4, -0.2) is 27.1 Å². The second-order valence-electron chi connectivity index (χ2n) is 7.27. The van der Waals surface area contributed by atoms with Crippen molar-refractivity contribution in [1.82, 2.24) is 9.97 Å². The summed E-state index contributed by atoms with van der Waals surface area (Å²) in [6, 6.07) is 4.25. The highest BCUT2D eigenvalue weighted by Crippen LogP contribution is 2.42. The lowest BCUT2D eigenvalue weighted by Gasteiger charge is -2.09. The van der Waals surface area contributed by atoms with Crippen molar-refractivity contribution in [2.24, 2.45) is 0 Å². The molecule has 0 amide bonds. The molecule has 2 aromatic heterocycles. The predicted molar refractivity (Wildman–Crippen MR) is 115 cm³/mol. The van der Waals surface area contributed by atoms with E-state index in [0.717, 1.165) is 37.8 Å². The Hall–Kier alpha value is -1.81. The summed E-state index contributed by atoms with van der Waals surface area (Å²) in [5.41, 5.74) is 10.1. The van der Waals surface area contributed by atoms with Crippen LogP contribution in [0.2, 0.25) is 5.82 Å². The molecule has 2 heterocycles. The van der Waals surface area contributed by atoms with Crippen molar-refractivity contribution in [2.45, 2.75) is 49.8 Å². The van der Waals surface area contributed by atoms with Gasteiger partial charge in [0.2, 0.25) is 0 Å². The van der Waals surface area contributed by atoms with Gasteiger partial charge < -0.3 is 21.5 Å². The van der Waals surface area contributed by atoms with Crippen molar-refractivity contribution >= 4 is 41.1 Å². The lowest BCUT2D eigenvalue weighted by molar-refractivity contribution is -0.142. The first-order valence-electron chi connectivity index (χ1n) is 9.39. The molecule has 2 fully saturated rings. The van der Waals surface area contributed by atoms with Crippen molar-refractivity contribution in [1.29, 1.82) is 0 Å². The van der Waals surface area contributed by atoms with Gasteiger partial charge in [0.15, 0.2) is 0 Å². The molecule has 0 unspecified atom stereocenters. The first-order chi connectivity index (χ1) is 14.7. The van der Waals surface area contributed by atoms with Gasteiger partial charge in [0.25, 0.3) is 0 Å². The molecule has 2 aliphatic carbocycles. The van der Waals surface area contributed by atoms with E-state index < -0.39 is 30.9 Å². The van der Waals surface area contributed by atoms with E-state index in [1.54, 1.807) is 22.6 Å². The quantitative estimate of drug-likeness (QED) is 0.182. The summed E-state index contributed by atoms with van der Waals surface area (Å²) in [6.07, 6.45) is -5.00. The first kappa shape index (κ1) is 26.4. The monoisotopic (exact) mass is 576 g/mol. The maximum atomic E-state index is 12.3. The van der Waals surface area contributed by atoms with Crippen LogP contribution >= 0.6 is 22.6 Å². The molecule has 2 aliphatic rings. The molecule has 0 spiro atoms. The average Bonchev–Trinajstić information content (AvgIpc) is 3.55. The van der Waals surface area contributed by atoms with Crippen LogP contribution in [0.1, 0.15) is 48.7 Å². The van der Waals surface area contributed by atoms with Crippen LogP contribution in [0.3, 0.4) is 0 Å². The highest BCUT2D eigenvalue weighted by atomic mass is 127. The summed E-state index contributed by atoms with van der Waals surface area (Å²) < 4.78 is 73.0. The Labute approximate surface area is 193 Å². The number of alkyl halides is 6. The summed E-state index contributed by atoms with van der Waals surface area (Å²) in [6.45, 7) is 0. The Morgan fingerprint density at radius 3 is 1.62 bits per heavy atom. The van der Waals surface area contributed by atoms with E-state index in [-0.39, 0.29) is 21.1 Å². The first-order valence-corrected chi connectivity index (χ1v) is 10.5. The maximum absolute atomic E-state index is 12.3. The number of anilines is 2. The Balaban J connectivity index is 0.000000183. The minimum atomic E-state index is -4.40. The number of nitrogens with two attached hydrogens (primary N) is 2. The fourth-order valence-electron chi connectivity index (χ4n) is 2.32. The second-order valence-corrected chi connectivity index (χ2v) is 8.29.